The fraction of sp³-hybridized carbons (Fsp3) is 0.500. The second kappa shape index (κ2) is 5.15. The number of hydrogen-bond donors (Lipinski definition) is 1. The highest BCUT2D eigenvalue weighted by atomic mass is 19.2. The number of benzene rings is 1. The van der Waals surface area contributed by atoms with E-state index in [1.165, 1.54) is 6.07 Å². The van der Waals surface area contributed by atoms with Gasteiger partial charge in [-0.25, -0.2) is 13.6 Å². The summed E-state index contributed by atoms with van der Waals surface area (Å²) in [4.78, 5) is 12.6. The second-order valence-corrected chi connectivity index (χ2v) is 5.34. The highest BCUT2D eigenvalue weighted by Crippen LogP contribution is 2.35. The molecule has 0 aromatic heterocycles. The summed E-state index contributed by atoms with van der Waals surface area (Å²) in [5, 5.41) is 8.77. The average molecular weight is 269 g/mol. The molecule has 1 saturated carbocycles. The van der Waals surface area contributed by atoms with Crippen molar-refractivity contribution in [3.8, 4) is 0 Å². The number of aromatic carboxylic acids is 1. The van der Waals surface area contributed by atoms with E-state index in [9.17, 15) is 13.6 Å². The molecule has 104 valence electrons. The lowest BCUT2D eigenvalue weighted by molar-refractivity contribution is 0.0690. The Morgan fingerprint density at radius 2 is 2.00 bits per heavy atom. The number of hydrogen-bond acceptors (Lipinski definition) is 2. The molecule has 3 nitrogen and oxygen atoms in total. The molecule has 1 aliphatic rings. The molecule has 0 radical (unpaired) electrons. The van der Waals surface area contributed by atoms with E-state index in [4.69, 9.17) is 5.11 Å². The first-order chi connectivity index (χ1) is 8.91. The van der Waals surface area contributed by atoms with Gasteiger partial charge in [0.15, 0.2) is 11.6 Å². The van der Waals surface area contributed by atoms with Crippen LogP contribution in [0.4, 0.5) is 14.5 Å². The molecular weight excluding hydrogens is 252 g/mol. The van der Waals surface area contributed by atoms with Crippen LogP contribution >= 0.6 is 0 Å². The van der Waals surface area contributed by atoms with E-state index in [2.05, 4.69) is 0 Å². The van der Waals surface area contributed by atoms with Crippen molar-refractivity contribution in [3.05, 3.63) is 29.3 Å². The standard InChI is InChI=1S/C14H17F2NO2/c1-8(2)7-17(9-3-4-9)11-6-5-10(14(18)19)12(15)13(11)16/h5-6,8-9H,3-4,7H2,1-2H3,(H,18,19). The summed E-state index contributed by atoms with van der Waals surface area (Å²) in [5.41, 5.74) is -0.458. The summed E-state index contributed by atoms with van der Waals surface area (Å²) >= 11 is 0. The number of nitrogens with zero attached hydrogens (tertiary/aromatic N) is 1. The molecule has 0 unspecified atom stereocenters. The lowest BCUT2D eigenvalue weighted by atomic mass is 10.1. The van der Waals surface area contributed by atoms with Crippen LogP contribution in [-0.2, 0) is 0 Å². The Balaban J connectivity index is 2.38. The van der Waals surface area contributed by atoms with Crippen LogP contribution in [0.1, 0.15) is 37.0 Å². The van der Waals surface area contributed by atoms with Crippen molar-refractivity contribution in [2.45, 2.75) is 32.7 Å². The minimum atomic E-state index is -1.45. The van der Waals surface area contributed by atoms with Gasteiger partial charge in [-0.1, -0.05) is 13.8 Å². The average Bonchev–Trinajstić information content (AvgIpc) is 3.13. The van der Waals surface area contributed by atoms with E-state index in [1.54, 1.807) is 0 Å². The topological polar surface area (TPSA) is 40.5 Å². The molecule has 1 fully saturated rings. The Bertz CT molecular complexity index is 498. The first-order valence-electron chi connectivity index (χ1n) is 6.39. The quantitative estimate of drug-likeness (QED) is 0.891. The molecular formula is C14H17F2NO2. The van der Waals surface area contributed by atoms with Crippen molar-refractivity contribution in [3.63, 3.8) is 0 Å². The summed E-state index contributed by atoms with van der Waals surface area (Å²) in [7, 11) is 0. The molecule has 2 rings (SSSR count). The number of rotatable bonds is 5. The largest absolute Gasteiger partial charge is 0.478 e. The molecule has 5 heteroatoms. The predicted octanol–water partition coefficient (Wildman–Crippen LogP) is 3.29. The maximum atomic E-state index is 14.0. The van der Waals surface area contributed by atoms with Gasteiger partial charge >= 0.3 is 5.97 Å². The lowest BCUT2D eigenvalue weighted by Gasteiger charge is -2.27. The van der Waals surface area contributed by atoms with Gasteiger partial charge in [0.1, 0.15) is 0 Å². The van der Waals surface area contributed by atoms with E-state index in [-0.39, 0.29) is 11.7 Å². The molecule has 1 aromatic carbocycles. The Kier molecular flexibility index (Phi) is 3.73. The molecule has 0 bridgehead atoms. The lowest BCUT2D eigenvalue weighted by Crippen LogP contribution is -2.31. The van der Waals surface area contributed by atoms with Gasteiger partial charge in [0.25, 0.3) is 0 Å². The van der Waals surface area contributed by atoms with Crippen molar-refractivity contribution in [2.24, 2.45) is 5.92 Å². The van der Waals surface area contributed by atoms with Gasteiger partial charge in [-0.2, -0.15) is 0 Å². The molecule has 19 heavy (non-hydrogen) atoms. The molecule has 0 amide bonds. The van der Waals surface area contributed by atoms with Gasteiger partial charge in [-0.3, -0.25) is 0 Å². The van der Waals surface area contributed by atoms with Crippen molar-refractivity contribution in [2.75, 3.05) is 11.4 Å². The summed E-state index contributed by atoms with van der Waals surface area (Å²) in [5.74, 6) is -3.47. The van der Waals surface area contributed by atoms with Crippen LogP contribution < -0.4 is 4.90 Å². The van der Waals surface area contributed by atoms with Crippen LogP contribution in [0.3, 0.4) is 0 Å². The SMILES string of the molecule is CC(C)CN(c1ccc(C(=O)O)c(F)c1F)C1CC1. The third-order valence-corrected chi connectivity index (χ3v) is 3.15. The van der Waals surface area contributed by atoms with Crippen LogP contribution in [0.15, 0.2) is 12.1 Å². The van der Waals surface area contributed by atoms with Crippen molar-refractivity contribution in [1.29, 1.82) is 0 Å². The number of carbonyl (C=O) groups is 1. The molecule has 1 aliphatic carbocycles. The molecule has 1 N–H and O–H groups in total. The summed E-state index contributed by atoms with van der Waals surface area (Å²) in [6.07, 6.45) is 1.93. The summed E-state index contributed by atoms with van der Waals surface area (Å²) in [6, 6.07) is 2.74. The van der Waals surface area contributed by atoms with E-state index < -0.39 is 23.2 Å². The zero-order valence-corrected chi connectivity index (χ0v) is 11.0. The Morgan fingerprint density at radius 3 is 2.47 bits per heavy atom. The van der Waals surface area contributed by atoms with E-state index in [0.29, 0.717) is 12.5 Å². The fourth-order valence-corrected chi connectivity index (χ4v) is 2.15. The maximum absolute atomic E-state index is 14.0. The zero-order valence-electron chi connectivity index (χ0n) is 11.0. The fourth-order valence-electron chi connectivity index (χ4n) is 2.15. The van der Waals surface area contributed by atoms with Crippen LogP contribution in [0.2, 0.25) is 0 Å². The number of halogens is 2. The Labute approximate surface area is 110 Å². The molecule has 0 heterocycles. The number of carboxylic acids is 1. The van der Waals surface area contributed by atoms with Crippen molar-refractivity contribution >= 4 is 11.7 Å². The minimum Gasteiger partial charge on any atom is -0.478 e. The van der Waals surface area contributed by atoms with Crippen LogP contribution in [-0.4, -0.2) is 23.7 Å². The van der Waals surface area contributed by atoms with Gasteiger partial charge in [0.2, 0.25) is 0 Å². The molecule has 1 aromatic rings. The first-order valence-corrected chi connectivity index (χ1v) is 6.39. The zero-order chi connectivity index (χ0) is 14.2. The summed E-state index contributed by atoms with van der Waals surface area (Å²) < 4.78 is 27.7. The van der Waals surface area contributed by atoms with Gasteiger partial charge in [-0.05, 0) is 30.9 Å². The molecule has 0 spiro atoms. The normalized spacial score (nSPS) is 14.8. The second-order valence-electron chi connectivity index (χ2n) is 5.34. The number of anilines is 1. The monoisotopic (exact) mass is 269 g/mol. The van der Waals surface area contributed by atoms with Gasteiger partial charge in [0, 0.05) is 12.6 Å². The van der Waals surface area contributed by atoms with Crippen molar-refractivity contribution in [1.82, 2.24) is 0 Å². The third kappa shape index (κ3) is 2.85. The third-order valence-electron chi connectivity index (χ3n) is 3.15. The van der Waals surface area contributed by atoms with Crippen LogP contribution in [0, 0.1) is 17.6 Å². The number of carboxylic acid groups (broad SMARTS) is 1. The first kappa shape index (κ1) is 13.8. The Morgan fingerprint density at radius 1 is 1.37 bits per heavy atom. The highest BCUT2D eigenvalue weighted by molar-refractivity contribution is 5.88. The molecule has 0 aliphatic heterocycles. The van der Waals surface area contributed by atoms with E-state index >= 15 is 0 Å². The van der Waals surface area contributed by atoms with Crippen molar-refractivity contribution < 1.29 is 18.7 Å². The van der Waals surface area contributed by atoms with E-state index in [0.717, 1.165) is 18.9 Å². The van der Waals surface area contributed by atoms with Crippen LogP contribution in [0.5, 0.6) is 0 Å². The van der Waals surface area contributed by atoms with Gasteiger partial charge < -0.3 is 10.0 Å². The maximum Gasteiger partial charge on any atom is 0.338 e. The smallest absolute Gasteiger partial charge is 0.338 e. The molecule has 0 atom stereocenters. The van der Waals surface area contributed by atoms with Gasteiger partial charge in [-0.15, -0.1) is 0 Å². The highest BCUT2D eigenvalue weighted by Gasteiger charge is 2.32. The predicted molar refractivity (Wildman–Crippen MR) is 68.5 cm³/mol. The molecule has 0 saturated heterocycles. The van der Waals surface area contributed by atoms with Crippen LogP contribution in [0.25, 0.3) is 0 Å². The Hall–Kier alpha value is -1.65. The van der Waals surface area contributed by atoms with Gasteiger partial charge in [0.05, 0.1) is 11.3 Å². The summed E-state index contributed by atoms with van der Waals surface area (Å²) in [6.45, 7) is 4.65. The minimum absolute atomic E-state index is 0.165. The van der Waals surface area contributed by atoms with E-state index in [1.807, 2.05) is 18.7 Å².